The number of anilines is 3. The van der Waals surface area contributed by atoms with Crippen molar-refractivity contribution >= 4 is 81.2 Å². The van der Waals surface area contributed by atoms with Crippen LogP contribution in [0.3, 0.4) is 0 Å². The Balaban J connectivity index is 1.49. The largest absolute Gasteiger partial charge is 0.350 e. The maximum absolute atomic E-state index is 13.0. The molecule has 3 amide bonds. The van der Waals surface area contributed by atoms with E-state index in [9.17, 15) is 14.4 Å². The SMILES string of the molecule is CCc1ccc(NC(=O)c2ccc(NC3=C(Cl)C(=O)N(c4cc(Cl)c(Cl)cc4Cl)C3=O)cc2)cc1. The molecule has 178 valence electrons. The van der Waals surface area contributed by atoms with Crippen molar-refractivity contribution in [2.24, 2.45) is 0 Å². The van der Waals surface area contributed by atoms with Gasteiger partial charge < -0.3 is 10.6 Å². The van der Waals surface area contributed by atoms with Gasteiger partial charge in [0.2, 0.25) is 0 Å². The molecule has 4 rings (SSSR count). The van der Waals surface area contributed by atoms with E-state index in [1.807, 2.05) is 24.3 Å². The minimum Gasteiger partial charge on any atom is -0.350 e. The number of imide groups is 1. The van der Waals surface area contributed by atoms with Crippen LogP contribution < -0.4 is 15.5 Å². The first-order valence-electron chi connectivity index (χ1n) is 10.4. The highest BCUT2D eigenvalue weighted by Crippen LogP contribution is 2.38. The zero-order chi connectivity index (χ0) is 25.3. The fourth-order valence-corrected chi connectivity index (χ4v) is 4.23. The Bertz CT molecular complexity index is 1370. The minimum absolute atomic E-state index is 0.0602. The first kappa shape index (κ1) is 25.1. The van der Waals surface area contributed by atoms with Gasteiger partial charge in [-0.05, 0) is 60.5 Å². The molecule has 0 aliphatic carbocycles. The topological polar surface area (TPSA) is 78.5 Å². The summed E-state index contributed by atoms with van der Waals surface area (Å²) in [6.07, 6.45) is 0.912. The molecule has 0 spiro atoms. The summed E-state index contributed by atoms with van der Waals surface area (Å²) in [5.74, 6) is -1.76. The molecule has 0 radical (unpaired) electrons. The lowest BCUT2D eigenvalue weighted by Gasteiger charge is -2.17. The van der Waals surface area contributed by atoms with Crippen molar-refractivity contribution in [2.45, 2.75) is 13.3 Å². The summed E-state index contributed by atoms with van der Waals surface area (Å²) in [7, 11) is 0. The van der Waals surface area contributed by atoms with Crippen LogP contribution in [-0.2, 0) is 16.0 Å². The van der Waals surface area contributed by atoms with Gasteiger partial charge in [-0.15, -0.1) is 0 Å². The number of carbonyl (C=O) groups is 3. The number of carbonyl (C=O) groups excluding carboxylic acids is 3. The number of aryl methyl sites for hydroxylation is 1. The Morgan fingerprint density at radius 2 is 1.40 bits per heavy atom. The number of rotatable bonds is 6. The predicted molar refractivity (Wildman–Crippen MR) is 141 cm³/mol. The minimum atomic E-state index is -0.760. The van der Waals surface area contributed by atoms with E-state index in [0.717, 1.165) is 11.3 Å². The molecular formula is C25H17Cl4N3O3. The van der Waals surface area contributed by atoms with Gasteiger partial charge in [0.05, 0.1) is 20.8 Å². The summed E-state index contributed by atoms with van der Waals surface area (Å²) in [5, 5.41) is 5.73. The van der Waals surface area contributed by atoms with Crippen LogP contribution in [0.2, 0.25) is 15.1 Å². The normalized spacial score (nSPS) is 13.5. The van der Waals surface area contributed by atoms with E-state index in [-0.39, 0.29) is 37.4 Å². The fraction of sp³-hybridized carbons (Fsp3) is 0.0800. The molecule has 0 atom stereocenters. The third kappa shape index (κ3) is 5.16. The number of hydrogen-bond acceptors (Lipinski definition) is 4. The maximum atomic E-state index is 13.0. The molecule has 0 fully saturated rings. The van der Waals surface area contributed by atoms with E-state index in [0.29, 0.717) is 16.9 Å². The van der Waals surface area contributed by atoms with Crippen LogP contribution in [0.5, 0.6) is 0 Å². The van der Waals surface area contributed by atoms with Crippen LogP contribution in [0.1, 0.15) is 22.8 Å². The highest BCUT2D eigenvalue weighted by atomic mass is 35.5. The Hall–Kier alpha value is -3.03. The van der Waals surface area contributed by atoms with Crippen LogP contribution in [0.25, 0.3) is 0 Å². The van der Waals surface area contributed by atoms with E-state index in [1.54, 1.807) is 24.3 Å². The summed E-state index contributed by atoms with van der Waals surface area (Å²) in [6.45, 7) is 2.06. The van der Waals surface area contributed by atoms with E-state index >= 15 is 0 Å². The molecule has 2 N–H and O–H groups in total. The summed E-state index contributed by atoms with van der Waals surface area (Å²) < 4.78 is 0. The van der Waals surface area contributed by atoms with Crippen molar-refractivity contribution < 1.29 is 14.4 Å². The first-order chi connectivity index (χ1) is 16.7. The monoisotopic (exact) mass is 547 g/mol. The average molecular weight is 549 g/mol. The molecule has 3 aromatic rings. The lowest BCUT2D eigenvalue weighted by atomic mass is 10.1. The Morgan fingerprint density at radius 3 is 2.03 bits per heavy atom. The maximum Gasteiger partial charge on any atom is 0.283 e. The zero-order valence-electron chi connectivity index (χ0n) is 18.2. The number of hydrogen-bond donors (Lipinski definition) is 2. The van der Waals surface area contributed by atoms with Crippen molar-refractivity contribution in [2.75, 3.05) is 15.5 Å². The second-order valence-electron chi connectivity index (χ2n) is 7.56. The molecular weight excluding hydrogens is 532 g/mol. The molecule has 0 saturated carbocycles. The number of benzene rings is 3. The second-order valence-corrected chi connectivity index (χ2v) is 9.16. The van der Waals surface area contributed by atoms with Crippen molar-refractivity contribution in [3.63, 3.8) is 0 Å². The molecule has 0 bridgehead atoms. The van der Waals surface area contributed by atoms with Crippen LogP contribution in [0.4, 0.5) is 17.1 Å². The van der Waals surface area contributed by atoms with Crippen molar-refractivity contribution in [1.29, 1.82) is 0 Å². The first-order valence-corrected chi connectivity index (χ1v) is 11.9. The second kappa shape index (κ2) is 10.3. The van der Waals surface area contributed by atoms with E-state index in [2.05, 4.69) is 17.6 Å². The number of amides is 3. The molecule has 6 nitrogen and oxygen atoms in total. The lowest BCUT2D eigenvalue weighted by Crippen LogP contribution is -2.32. The molecule has 0 saturated heterocycles. The Morgan fingerprint density at radius 1 is 0.800 bits per heavy atom. The molecule has 35 heavy (non-hydrogen) atoms. The van der Waals surface area contributed by atoms with Crippen LogP contribution in [-0.4, -0.2) is 17.7 Å². The van der Waals surface area contributed by atoms with Crippen LogP contribution >= 0.6 is 46.4 Å². The Labute approximate surface area is 221 Å². The number of halogens is 4. The Kier molecular flexibility index (Phi) is 7.38. The smallest absolute Gasteiger partial charge is 0.283 e. The van der Waals surface area contributed by atoms with Crippen molar-refractivity contribution in [1.82, 2.24) is 0 Å². The summed E-state index contributed by atoms with van der Waals surface area (Å²) in [4.78, 5) is 39.1. The molecule has 3 aromatic carbocycles. The summed E-state index contributed by atoms with van der Waals surface area (Å²) in [5.41, 5.74) is 2.64. The standard InChI is InChI=1S/C25H17Cl4N3O3/c1-2-13-3-7-16(8-4-13)31-23(33)14-5-9-15(10-6-14)30-22-21(29)24(34)32(25(22)35)20-12-18(27)17(26)11-19(20)28/h3-12,30H,2H2,1H3,(H,31,33). The van der Waals surface area contributed by atoms with E-state index in [4.69, 9.17) is 46.4 Å². The molecule has 1 heterocycles. The number of nitrogens with one attached hydrogen (secondary N) is 2. The van der Waals surface area contributed by atoms with Crippen molar-refractivity contribution in [3.05, 3.63) is 97.6 Å². The zero-order valence-corrected chi connectivity index (χ0v) is 21.2. The van der Waals surface area contributed by atoms with E-state index < -0.39 is 11.8 Å². The van der Waals surface area contributed by atoms with Gasteiger partial charge in [-0.2, -0.15) is 0 Å². The van der Waals surface area contributed by atoms with Gasteiger partial charge in [0.15, 0.2) is 0 Å². The molecule has 10 heteroatoms. The number of nitrogens with zero attached hydrogens (tertiary/aromatic N) is 1. The molecule has 0 aromatic heterocycles. The van der Waals surface area contributed by atoms with Gasteiger partial charge in [-0.3, -0.25) is 14.4 Å². The molecule has 1 aliphatic rings. The fourth-order valence-electron chi connectivity index (χ4n) is 3.39. The van der Waals surface area contributed by atoms with Gasteiger partial charge in [0.25, 0.3) is 17.7 Å². The third-order valence-electron chi connectivity index (χ3n) is 5.29. The highest BCUT2D eigenvalue weighted by Gasteiger charge is 2.40. The quantitative estimate of drug-likeness (QED) is 0.259. The summed E-state index contributed by atoms with van der Waals surface area (Å²) in [6, 6.07) is 16.6. The van der Waals surface area contributed by atoms with Crippen LogP contribution in [0.15, 0.2) is 71.4 Å². The van der Waals surface area contributed by atoms with Gasteiger partial charge in [-0.25, -0.2) is 4.90 Å². The lowest BCUT2D eigenvalue weighted by molar-refractivity contribution is -0.120. The van der Waals surface area contributed by atoms with E-state index in [1.165, 1.54) is 17.7 Å². The van der Waals surface area contributed by atoms with Gasteiger partial charge in [0.1, 0.15) is 10.7 Å². The van der Waals surface area contributed by atoms with Gasteiger partial charge in [-0.1, -0.05) is 65.5 Å². The van der Waals surface area contributed by atoms with Gasteiger partial charge in [0, 0.05) is 16.9 Å². The third-order valence-corrected chi connectivity index (χ3v) is 6.67. The molecule has 0 unspecified atom stereocenters. The highest BCUT2D eigenvalue weighted by molar-refractivity contribution is 6.54. The predicted octanol–water partition coefficient (Wildman–Crippen LogP) is 6.90. The summed E-state index contributed by atoms with van der Waals surface area (Å²) >= 11 is 24.3. The van der Waals surface area contributed by atoms with Crippen LogP contribution in [0, 0.1) is 0 Å². The van der Waals surface area contributed by atoms with Crippen molar-refractivity contribution in [3.8, 4) is 0 Å². The van der Waals surface area contributed by atoms with Gasteiger partial charge >= 0.3 is 0 Å². The average Bonchev–Trinajstić information content (AvgIpc) is 3.05. The molecule has 1 aliphatic heterocycles.